The van der Waals surface area contributed by atoms with Gasteiger partial charge in [0.05, 0.1) is 17.2 Å². The zero-order valence-corrected chi connectivity index (χ0v) is 16.8. The summed E-state index contributed by atoms with van der Waals surface area (Å²) in [5.74, 6) is 0.710. The molecule has 2 aromatic heterocycles. The van der Waals surface area contributed by atoms with Crippen LogP contribution in [0.25, 0.3) is 11.5 Å². The molecule has 0 bridgehead atoms. The largest absolute Gasteiger partial charge is 0.345 e. The molecule has 29 heavy (non-hydrogen) atoms. The van der Waals surface area contributed by atoms with Gasteiger partial charge in [-0.3, -0.25) is 9.59 Å². The van der Waals surface area contributed by atoms with Crippen LogP contribution in [0.2, 0.25) is 0 Å². The molecule has 1 aliphatic rings. The number of rotatable bonds is 3. The standard InChI is InChI=1S/C22H24N4O3/c1-22(2,3)21-25-20(29-26-21)14-8-5-4-7-13(14)19(28)24-17-10-6-9-16-15(17)11-12-18(27)23-16/h4-5,7-8,11-12,17H,6,9-10H2,1-3H3,(H,23,27)(H,24,28). The summed E-state index contributed by atoms with van der Waals surface area (Å²) in [6, 6.07) is 10.4. The van der Waals surface area contributed by atoms with E-state index >= 15 is 0 Å². The third kappa shape index (κ3) is 3.85. The van der Waals surface area contributed by atoms with Crippen LogP contribution in [0.5, 0.6) is 0 Å². The van der Waals surface area contributed by atoms with Crippen molar-refractivity contribution in [1.29, 1.82) is 0 Å². The lowest BCUT2D eigenvalue weighted by molar-refractivity contribution is 0.0933. The molecule has 7 heteroatoms. The van der Waals surface area contributed by atoms with Crippen LogP contribution in [0.15, 0.2) is 45.7 Å². The highest BCUT2D eigenvalue weighted by Gasteiger charge is 2.26. The fraction of sp³-hybridized carbons (Fsp3) is 0.364. The number of aryl methyl sites for hydroxylation is 1. The van der Waals surface area contributed by atoms with E-state index in [1.807, 2.05) is 32.9 Å². The third-order valence-electron chi connectivity index (χ3n) is 5.14. The van der Waals surface area contributed by atoms with Crippen molar-refractivity contribution in [3.63, 3.8) is 0 Å². The average Bonchev–Trinajstić information content (AvgIpc) is 3.18. The van der Waals surface area contributed by atoms with Crippen LogP contribution in [0.3, 0.4) is 0 Å². The first-order valence-electron chi connectivity index (χ1n) is 9.79. The highest BCUT2D eigenvalue weighted by Crippen LogP contribution is 2.30. The van der Waals surface area contributed by atoms with E-state index in [-0.39, 0.29) is 22.9 Å². The van der Waals surface area contributed by atoms with Crippen LogP contribution in [0.4, 0.5) is 0 Å². The van der Waals surface area contributed by atoms with Crippen molar-refractivity contribution >= 4 is 5.91 Å². The van der Waals surface area contributed by atoms with Gasteiger partial charge in [0.2, 0.25) is 5.56 Å². The Morgan fingerprint density at radius 2 is 2.00 bits per heavy atom. The summed E-state index contributed by atoms with van der Waals surface area (Å²) in [5, 5.41) is 7.17. The van der Waals surface area contributed by atoms with Crippen molar-refractivity contribution in [2.75, 3.05) is 0 Å². The van der Waals surface area contributed by atoms with Gasteiger partial charge in [0, 0.05) is 17.2 Å². The van der Waals surface area contributed by atoms with Crippen molar-refractivity contribution in [3.05, 3.63) is 69.4 Å². The van der Waals surface area contributed by atoms with E-state index in [1.165, 1.54) is 6.07 Å². The summed E-state index contributed by atoms with van der Waals surface area (Å²) in [6.07, 6.45) is 2.53. The van der Waals surface area contributed by atoms with Gasteiger partial charge in [-0.15, -0.1) is 0 Å². The number of aromatic amines is 1. The molecule has 1 aliphatic carbocycles. The second kappa shape index (κ2) is 7.31. The van der Waals surface area contributed by atoms with Crippen molar-refractivity contribution in [3.8, 4) is 11.5 Å². The summed E-state index contributed by atoms with van der Waals surface area (Å²) in [7, 11) is 0. The van der Waals surface area contributed by atoms with Gasteiger partial charge >= 0.3 is 0 Å². The normalized spacial score (nSPS) is 16.3. The molecule has 0 fully saturated rings. The maximum Gasteiger partial charge on any atom is 0.258 e. The lowest BCUT2D eigenvalue weighted by atomic mass is 9.91. The number of nitrogens with one attached hydrogen (secondary N) is 2. The summed E-state index contributed by atoms with van der Waals surface area (Å²) < 4.78 is 5.45. The Labute approximate surface area is 168 Å². The molecule has 0 aliphatic heterocycles. The van der Waals surface area contributed by atoms with E-state index < -0.39 is 0 Å². The average molecular weight is 392 g/mol. The molecule has 1 unspecified atom stereocenters. The van der Waals surface area contributed by atoms with Crippen molar-refractivity contribution in [2.45, 2.75) is 51.5 Å². The molecule has 0 spiro atoms. The van der Waals surface area contributed by atoms with E-state index in [9.17, 15) is 9.59 Å². The van der Waals surface area contributed by atoms with Crippen LogP contribution in [0.1, 0.15) is 67.1 Å². The topological polar surface area (TPSA) is 101 Å². The molecular formula is C22H24N4O3. The van der Waals surface area contributed by atoms with E-state index in [4.69, 9.17) is 4.52 Å². The molecule has 150 valence electrons. The first-order valence-corrected chi connectivity index (χ1v) is 9.79. The van der Waals surface area contributed by atoms with Crippen LogP contribution < -0.4 is 10.9 Å². The Hall–Kier alpha value is -3.22. The van der Waals surface area contributed by atoms with Gasteiger partial charge in [0.1, 0.15) is 0 Å². The predicted octanol–water partition coefficient (Wildman–Crippen LogP) is 3.53. The van der Waals surface area contributed by atoms with Gasteiger partial charge in [-0.1, -0.05) is 38.1 Å². The fourth-order valence-electron chi connectivity index (χ4n) is 3.59. The van der Waals surface area contributed by atoms with Crippen LogP contribution in [-0.2, 0) is 11.8 Å². The molecule has 1 aromatic carbocycles. The Kier molecular flexibility index (Phi) is 4.82. The molecule has 2 heterocycles. The number of hydrogen-bond acceptors (Lipinski definition) is 5. The number of carbonyl (C=O) groups is 1. The van der Waals surface area contributed by atoms with Gasteiger partial charge in [-0.05, 0) is 43.0 Å². The number of fused-ring (bicyclic) bond motifs is 1. The Morgan fingerprint density at radius 1 is 1.21 bits per heavy atom. The fourth-order valence-corrected chi connectivity index (χ4v) is 3.59. The van der Waals surface area contributed by atoms with Crippen LogP contribution in [-0.4, -0.2) is 21.0 Å². The summed E-state index contributed by atoms with van der Waals surface area (Å²) in [6.45, 7) is 6.02. The Morgan fingerprint density at radius 3 is 2.76 bits per heavy atom. The number of aromatic nitrogens is 3. The Bertz CT molecular complexity index is 1110. The van der Waals surface area contributed by atoms with Gasteiger partial charge in [-0.25, -0.2) is 0 Å². The number of nitrogens with zero attached hydrogens (tertiary/aromatic N) is 2. The number of carbonyl (C=O) groups excluding carboxylic acids is 1. The van der Waals surface area contributed by atoms with E-state index in [1.54, 1.807) is 18.2 Å². The summed E-state index contributed by atoms with van der Waals surface area (Å²) in [4.78, 5) is 32.1. The monoisotopic (exact) mass is 392 g/mol. The predicted molar refractivity (Wildman–Crippen MR) is 109 cm³/mol. The molecule has 2 N–H and O–H groups in total. The molecule has 3 aromatic rings. The molecule has 4 rings (SSSR count). The van der Waals surface area contributed by atoms with Crippen LogP contribution in [0, 0.1) is 0 Å². The Balaban J connectivity index is 1.63. The summed E-state index contributed by atoms with van der Waals surface area (Å²) in [5.41, 5.74) is 2.58. The maximum absolute atomic E-state index is 13.1. The number of amides is 1. The summed E-state index contributed by atoms with van der Waals surface area (Å²) >= 11 is 0. The van der Waals surface area contributed by atoms with Crippen molar-refractivity contribution in [1.82, 2.24) is 20.4 Å². The lowest BCUT2D eigenvalue weighted by Crippen LogP contribution is -2.32. The second-order valence-electron chi connectivity index (χ2n) is 8.39. The van der Waals surface area contributed by atoms with Crippen molar-refractivity contribution < 1.29 is 9.32 Å². The minimum absolute atomic E-state index is 0.118. The third-order valence-corrected chi connectivity index (χ3v) is 5.14. The minimum atomic E-state index is -0.248. The van der Waals surface area contributed by atoms with E-state index in [0.717, 1.165) is 30.5 Å². The molecule has 1 atom stereocenters. The second-order valence-corrected chi connectivity index (χ2v) is 8.39. The first-order chi connectivity index (χ1) is 13.8. The molecule has 0 saturated heterocycles. The van der Waals surface area contributed by atoms with Gasteiger partial charge in [0.25, 0.3) is 11.8 Å². The molecule has 1 amide bonds. The zero-order valence-electron chi connectivity index (χ0n) is 16.8. The van der Waals surface area contributed by atoms with Crippen molar-refractivity contribution in [2.24, 2.45) is 0 Å². The number of H-pyrrole nitrogens is 1. The molecule has 7 nitrogen and oxygen atoms in total. The van der Waals surface area contributed by atoms with Gasteiger partial charge in [0.15, 0.2) is 5.82 Å². The molecule has 0 saturated carbocycles. The molecular weight excluding hydrogens is 368 g/mol. The smallest absolute Gasteiger partial charge is 0.258 e. The highest BCUT2D eigenvalue weighted by atomic mass is 16.5. The zero-order chi connectivity index (χ0) is 20.6. The number of hydrogen-bond donors (Lipinski definition) is 2. The van der Waals surface area contributed by atoms with Crippen LogP contribution >= 0.6 is 0 Å². The lowest BCUT2D eigenvalue weighted by Gasteiger charge is -2.26. The highest BCUT2D eigenvalue weighted by molar-refractivity contribution is 6.00. The van der Waals surface area contributed by atoms with Gasteiger partial charge < -0.3 is 14.8 Å². The molecule has 0 radical (unpaired) electrons. The van der Waals surface area contributed by atoms with Gasteiger partial charge in [-0.2, -0.15) is 4.98 Å². The minimum Gasteiger partial charge on any atom is -0.345 e. The van der Waals surface area contributed by atoms with E-state index in [0.29, 0.717) is 22.8 Å². The quantitative estimate of drug-likeness (QED) is 0.710. The first kappa shape index (κ1) is 19.1. The number of pyridine rings is 1. The van der Waals surface area contributed by atoms with E-state index in [2.05, 4.69) is 20.4 Å². The maximum atomic E-state index is 13.1. The number of benzene rings is 1. The SMILES string of the molecule is CC(C)(C)c1noc(-c2ccccc2C(=O)NC2CCCc3[nH]c(=O)ccc32)n1.